The Bertz CT molecular complexity index is 1560. The molecule has 0 bridgehead atoms. The molecule has 0 aliphatic rings. The molecule has 3 aromatic heterocycles. The third-order valence-corrected chi connectivity index (χ3v) is 6.96. The summed E-state index contributed by atoms with van der Waals surface area (Å²) in [5.74, 6) is -0.298. The Hall–Kier alpha value is -4.70. The summed E-state index contributed by atoms with van der Waals surface area (Å²) >= 11 is 2.91. The van der Waals surface area contributed by atoms with Gasteiger partial charge in [-0.3, -0.25) is 14.9 Å². The van der Waals surface area contributed by atoms with Crippen molar-refractivity contribution < 1.29 is 14.3 Å². The van der Waals surface area contributed by atoms with Crippen molar-refractivity contribution in [2.24, 2.45) is 5.10 Å². The number of anilines is 1. The highest BCUT2D eigenvalue weighted by atomic mass is 32.2. The third kappa shape index (κ3) is 4.75. The highest BCUT2D eigenvalue weighted by molar-refractivity contribution is 8.00. The van der Waals surface area contributed by atoms with Gasteiger partial charge >= 0.3 is 0 Å². The van der Waals surface area contributed by atoms with Crippen LogP contribution in [-0.2, 0) is 5.75 Å². The van der Waals surface area contributed by atoms with Gasteiger partial charge in [-0.1, -0.05) is 29.1 Å². The predicted molar refractivity (Wildman–Crippen MR) is 131 cm³/mol. The monoisotopic (exact) mass is 522 g/mol. The quantitative estimate of drug-likeness (QED) is 0.132. The number of amides is 1. The number of hydrogen-bond donors (Lipinski definition) is 2. The Morgan fingerprint density at radius 3 is 2.78 bits per heavy atom. The summed E-state index contributed by atoms with van der Waals surface area (Å²) in [4.78, 5) is 27.7. The molecule has 0 atom stereocenters. The molecular formula is C20H14N10O4S2. The van der Waals surface area contributed by atoms with Gasteiger partial charge in [0.15, 0.2) is 10.0 Å². The van der Waals surface area contributed by atoms with Gasteiger partial charge in [-0.25, -0.2) is 15.0 Å². The molecule has 0 unspecified atom stereocenters. The van der Waals surface area contributed by atoms with E-state index in [2.05, 4.69) is 40.8 Å². The number of nitrogens with two attached hydrogens (primary N) is 1. The zero-order chi connectivity index (χ0) is 25.1. The molecule has 36 heavy (non-hydrogen) atoms. The summed E-state index contributed by atoms with van der Waals surface area (Å²) in [6.45, 7) is 0. The van der Waals surface area contributed by atoms with Crippen molar-refractivity contribution in [3.05, 3.63) is 75.6 Å². The number of non-ortho nitro benzene ring substituents is 1. The number of nitrogens with one attached hydrogen (secondary N) is 1. The fourth-order valence-electron chi connectivity index (χ4n) is 3.06. The number of aromatic nitrogens is 6. The van der Waals surface area contributed by atoms with Crippen LogP contribution in [0.2, 0.25) is 0 Å². The fourth-order valence-corrected chi connectivity index (χ4v) is 5.12. The Labute approximate surface area is 209 Å². The van der Waals surface area contributed by atoms with Crippen LogP contribution in [0.1, 0.15) is 21.7 Å². The number of nitrogens with zero attached hydrogens (tertiary/aromatic N) is 8. The number of fused-ring (bicyclic) bond motifs is 1. The number of rotatable bonds is 8. The molecule has 14 nitrogen and oxygen atoms in total. The zero-order valence-electron chi connectivity index (χ0n) is 18.0. The molecular weight excluding hydrogens is 508 g/mol. The molecule has 0 saturated carbocycles. The van der Waals surface area contributed by atoms with Crippen LogP contribution in [-0.4, -0.2) is 47.3 Å². The molecule has 0 fully saturated rings. The first-order valence-electron chi connectivity index (χ1n) is 10.1. The Balaban J connectivity index is 1.37. The van der Waals surface area contributed by atoms with E-state index in [-0.39, 0.29) is 28.8 Å². The molecule has 180 valence electrons. The molecule has 2 aromatic carbocycles. The van der Waals surface area contributed by atoms with Crippen LogP contribution in [0.4, 0.5) is 11.5 Å². The topological polar surface area (TPSA) is 193 Å². The second kappa shape index (κ2) is 9.88. The van der Waals surface area contributed by atoms with Gasteiger partial charge in [-0.2, -0.15) is 9.78 Å². The lowest BCUT2D eigenvalue weighted by Gasteiger charge is -2.04. The lowest BCUT2D eigenvalue weighted by molar-refractivity contribution is -0.384. The smallest absolute Gasteiger partial charge is 0.293 e. The van der Waals surface area contributed by atoms with E-state index < -0.39 is 10.8 Å². The van der Waals surface area contributed by atoms with Gasteiger partial charge in [0, 0.05) is 17.9 Å². The molecule has 3 heterocycles. The number of hydrogen-bond acceptors (Lipinski definition) is 13. The number of benzene rings is 2. The van der Waals surface area contributed by atoms with Crippen molar-refractivity contribution in [3.8, 4) is 5.82 Å². The standard InChI is InChI=1S/C20H14N10O4S2/c21-17-18(27-34-26-17)29-14(10-35-20-23-13-3-1-2-4-15(13)36-20)16(24-28-29)19(31)25-22-9-11-5-7-12(8-6-11)30(32)33/h1-9H,10H2,(H2,21,26)(H,25,31)/b22-9-. The number of carbonyl (C=O) groups is 1. The van der Waals surface area contributed by atoms with E-state index in [1.165, 1.54) is 58.3 Å². The van der Waals surface area contributed by atoms with Gasteiger partial charge in [0.2, 0.25) is 11.6 Å². The normalized spacial score (nSPS) is 11.3. The van der Waals surface area contributed by atoms with E-state index in [1.54, 1.807) is 0 Å². The van der Waals surface area contributed by atoms with E-state index in [9.17, 15) is 14.9 Å². The maximum Gasteiger partial charge on any atom is 0.293 e. The Morgan fingerprint density at radius 1 is 1.25 bits per heavy atom. The number of nitrogen functional groups attached to an aromatic ring is 1. The zero-order valence-corrected chi connectivity index (χ0v) is 19.6. The van der Waals surface area contributed by atoms with Crippen molar-refractivity contribution in [2.45, 2.75) is 10.1 Å². The fraction of sp³-hybridized carbons (Fsp3) is 0.0500. The molecule has 0 spiro atoms. The molecule has 3 N–H and O–H groups in total. The second-order valence-corrected chi connectivity index (χ2v) is 9.31. The predicted octanol–water partition coefficient (Wildman–Crippen LogP) is 2.81. The van der Waals surface area contributed by atoms with Crippen LogP contribution in [0.3, 0.4) is 0 Å². The van der Waals surface area contributed by atoms with Crippen LogP contribution in [0, 0.1) is 10.1 Å². The highest BCUT2D eigenvalue weighted by Gasteiger charge is 2.24. The number of thiazole rings is 1. The van der Waals surface area contributed by atoms with Crippen molar-refractivity contribution in [1.29, 1.82) is 0 Å². The van der Waals surface area contributed by atoms with Gasteiger partial charge in [0.1, 0.15) is 0 Å². The largest absolute Gasteiger partial charge is 0.378 e. The van der Waals surface area contributed by atoms with Gasteiger partial charge < -0.3 is 5.73 Å². The average Bonchev–Trinajstić information content (AvgIpc) is 3.60. The van der Waals surface area contributed by atoms with Gasteiger partial charge in [0.25, 0.3) is 11.6 Å². The number of nitro benzene ring substituents is 1. The number of carbonyl (C=O) groups excluding carboxylic acids is 1. The van der Waals surface area contributed by atoms with Crippen LogP contribution in [0.15, 0.2) is 62.6 Å². The summed E-state index contributed by atoms with van der Waals surface area (Å²) in [5.41, 5.74) is 9.95. The first-order valence-corrected chi connectivity index (χ1v) is 11.9. The SMILES string of the molecule is Nc1nonc1-n1nnc(C(=O)N/N=C\c2ccc([N+](=O)[O-])cc2)c1CSc1nc2ccccc2s1. The first-order chi connectivity index (χ1) is 17.5. The summed E-state index contributed by atoms with van der Waals surface area (Å²) in [6.07, 6.45) is 1.35. The Morgan fingerprint density at radius 2 is 2.06 bits per heavy atom. The Kier molecular flexibility index (Phi) is 6.33. The van der Waals surface area contributed by atoms with Crippen LogP contribution < -0.4 is 11.2 Å². The van der Waals surface area contributed by atoms with Gasteiger partial charge in [-0.15, -0.1) is 16.4 Å². The molecule has 1 amide bonds. The van der Waals surface area contributed by atoms with Crippen molar-refractivity contribution in [2.75, 3.05) is 5.73 Å². The van der Waals surface area contributed by atoms with E-state index in [1.807, 2.05) is 24.3 Å². The minimum absolute atomic E-state index is 0.00754. The maximum absolute atomic E-state index is 12.9. The van der Waals surface area contributed by atoms with Gasteiger partial charge in [-0.05, 0) is 40.1 Å². The van der Waals surface area contributed by atoms with Crippen molar-refractivity contribution in [1.82, 2.24) is 35.7 Å². The van der Waals surface area contributed by atoms with E-state index >= 15 is 0 Å². The molecule has 0 aliphatic heterocycles. The van der Waals surface area contributed by atoms with Gasteiger partial charge in [0.05, 0.1) is 27.0 Å². The molecule has 0 saturated heterocycles. The van der Waals surface area contributed by atoms with E-state index in [0.29, 0.717) is 11.3 Å². The number of thioether (sulfide) groups is 1. The maximum atomic E-state index is 12.9. The summed E-state index contributed by atoms with van der Waals surface area (Å²) in [5, 5.41) is 30.0. The first kappa shape index (κ1) is 23.1. The molecule has 0 radical (unpaired) electrons. The minimum Gasteiger partial charge on any atom is -0.378 e. The number of nitro groups is 1. The number of hydrazone groups is 1. The summed E-state index contributed by atoms with van der Waals surface area (Å²) < 4.78 is 7.77. The molecule has 5 rings (SSSR count). The molecule has 16 heteroatoms. The number of para-hydroxylation sites is 1. The molecule has 5 aromatic rings. The minimum atomic E-state index is -0.630. The second-order valence-electron chi connectivity index (χ2n) is 7.05. The highest BCUT2D eigenvalue weighted by Crippen LogP contribution is 2.32. The molecule has 0 aliphatic carbocycles. The summed E-state index contributed by atoms with van der Waals surface area (Å²) in [6, 6.07) is 13.4. The average molecular weight is 523 g/mol. The van der Waals surface area contributed by atoms with Crippen LogP contribution >= 0.6 is 23.1 Å². The van der Waals surface area contributed by atoms with E-state index in [4.69, 9.17) is 5.73 Å². The third-order valence-electron chi connectivity index (χ3n) is 4.76. The van der Waals surface area contributed by atoms with Crippen molar-refractivity contribution >= 4 is 56.9 Å². The lowest BCUT2D eigenvalue weighted by atomic mass is 10.2. The van der Waals surface area contributed by atoms with Crippen molar-refractivity contribution in [3.63, 3.8) is 0 Å². The summed E-state index contributed by atoms with van der Waals surface area (Å²) in [7, 11) is 0. The van der Waals surface area contributed by atoms with Crippen LogP contribution in [0.5, 0.6) is 0 Å². The van der Waals surface area contributed by atoms with Crippen LogP contribution in [0.25, 0.3) is 16.0 Å². The lowest BCUT2D eigenvalue weighted by Crippen LogP contribution is -2.20. The van der Waals surface area contributed by atoms with E-state index in [0.717, 1.165) is 14.6 Å².